The van der Waals surface area contributed by atoms with Crippen molar-refractivity contribution in [2.75, 3.05) is 6.79 Å². The first-order chi connectivity index (χ1) is 28.7. The molecule has 2 heterocycles. The standard InChI is InChI=1S/C51H36F2N2O4/c1-30-22-39(32-10-9-11-33(52)26-32)50(56)47(24-30)55-45-17-8-5-14-38(45)40-28-35(19-20-46(40)55)58-29-59-49-21-18-34(53)27-41(49)42-23-31(2)25-48(51(42)57)54-43-15-6-3-12-36(43)37-13-4-7-16-44(37)54/h3-28,56-57H,29H2,1-2H3. The summed E-state index contributed by atoms with van der Waals surface area (Å²) in [6, 6.07) is 47.7. The van der Waals surface area contributed by atoms with Gasteiger partial charge in [0.2, 0.25) is 6.79 Å². The molecule has 0 fully saturated rings. The molecule has 0 unspecified atom stereocenters. The molecule has 0 aliphatic heterocycles. The number of aromatic nitrogens is 2. The lowest BCUT2D eigenvalue weighted by atomic mass is 9.99. The number of phenolic OH excluding ortho intramolecular Hbond substituents is 2. The van der Waals surface area contributed by atoms with Gasteiger partial charge in [-0.15, -0.1) is 0 Å². The Morgan fingerprint density at radius 2 is 1.00 bits per heavy atom. The second-order valence-electron chi connectivity index (χ2n) is 14.8. The third-order valence-electron chi connectivity index (χ3n) is 11.0. The van der Waals surface area contributed by atoms with E-state index >= 15 is 4.39 Å². The molecule has 0 amide bonds. The van der Waals surface area contributed by atoms with E-state index in [-0.39, 0.29) is 24.1 Å². The summed E-state index contributed by atoms with van der Waals surface area (Å²) in [7, 11) is 0. The topological polar surface area (TPSA) is 68.8 Å². The number of hydrogen-bond donors (Lipinski definition) is 2. The molecule has 59 heavy (non-hydrogen) atoms. The minimum atomic E-state index is -0.475. The maximum Gasteiger partial charge on any atom is 0.230 e. The van der Waals surface area contributed by atoms with Crippen LogP contribution in [0.2, 0.25) is 0 Å². The summed E-state index contributed by atoms with van der Waals surface area (Å²) in [5.74, 6) is 0.0359. The summed E-state index contributed by atoms with van der Waals surface area (Å²) in [6.07, 6.45) is 0. The molecule has 6 nitrogen and oxygen atoms in total. The van der Waals surface area contributed by atoms with Crippen molar-refractivity contribution in [3.63, 3.8) is 0 Å². The van der Waals surface area contributed by atoms with Gasteiger partial charge < -0.3 is 28.8 Å². The lowest BCUT2D eigenvalue weighted by Crippen LogP contribution is -2.07. The zero-order valence-electron chi connectivity index (χ0n) is 32.1. The molecule has 0 aliphatic rings. The molecule has 10 rings (SSSR count). The Hall–Kier alpha value is -7.58. The molecular formula is C51H36F2N2O4. The Morgan fingerprint density at radius 3 is 1.63 bits per heavy atom. The van der Waals surface area contributed by atoms with Gasteiger partial charge in [-0.2, -0.15) is 0 Å². The number of benzene rings is 8. The minimum absolute atomic E-state index is 0.0111. The molecular weight excluding hydrogens is 743 g/mol. The largest absolute Gasteiger partial charge is 0.505 e. The van der Waals surface area contributed by atoms with Crippen LogP contribution in [0.1, 0.15) is 11.1 Å². The number of nitrogens with zero attached hydrogens (tertiary/aromatic N) is 2. The molecule has 0 aliphatic carbocycles. The second-order valence-corrected chi connectivity index (χ2v) is 14.8. The van der Waals surface area contributed by atoms with Crippen molar-refractivity contribution >= 4 is 43.6 Å². The van der Waals surface area contributed by atoms with E-state index in [4.69, 9.17) is 9.47 Å². The lowest BCUT2D eigenvalue weighted by Gasteiger charge is -2.18. The van der Waals surface area contributed by atoms with E-state index in [1.54, 1.807) is 18.2 Å². The highest BCUT2D eigenvalue weighted by Crippen LogP contribution is 2.44. The van der Waals surface area contributed by atoms with Crippen molar-refractivity contribution in [1.82, 2.24) is 9.13 Å². The number of para-hydroxylation sites is 3. The van der Waals surface area contributed by atoms with Crippen LogP contribution in [0.3, 0.4) is 0 Å². The zero-order chi connectivity index (χ0) is 40.4. The van der Waals surface area contributed by atoms with Crippen LogP contribution in [0.4, 0.5) is 8.78 Å². The Bertz CT molecular complexity index is 3240. The molecule has 0 saturated heterocycles. The van der Waals surface area contributed by atoms with Gasteiger partial charge in [0.15, 0.2) is 0 Å². The quantitative estimate of drug-likeness (QED) is 0.151. The smallest absolute Gasteiger partial charge is 0.230 e. The Kier molecular flexibility index (Phi) is 8.56. The summed E-state index contributed by atoms with van der Waals surface area (Å²) >= 11 is 0. The van der Waals surface area contributed by atoms with E-state index in [1.807, 2.05) is 126 Å². The highest BCUT2D eigenvalue weighted by atomic mass is 19.1. The predicted octanol–water partition coefficient (Wildman–Crippen LogP) is 12.9. The van der Waals surface area contributed by atoms with Crippen LogP contribution in [0.15, 0.2) is 158 Å². The van der Waals surface area contributed by atoms with Gasteiger partial charge in [0.1, 0.15) is 34.6 Å². The summed E-state index contributed by atoms with van der Waals surface area (Å²) in [6.45, 7) is 3.69. The van der Waals surface area contributed by atoms with Crippen molar-refractivity contribution in [3.8, 4) is 56.6 Å². The third kappa shape index (κ3) is 6.08. The first-order valence-electron chi connectivity index (χ1n) is 19.2. The monoisotopic (exact) mass is 778 g/mol. The first-order valence-corrected chi connectivity index (χ1v) is 19.2. The van der Waals surface area contributed by atoms with E-state index in [1.165, 1.54) is 24.3 Å². The highest BCUT2D eigenvalue weighted by molar-refractivity contribution is 6.11. The van der Waals surface area contributed by atoms with Crippen molar-refractivity contribution in [1.29, 1.82) is 0 Å². The number of fused-ring (bicyclic) bond motifs is 6. The summed E-state index contributed by atoms with van der Waals surface area (Å²) < 4.78 is 45.7. The second kappa shape index (κ2) is 14.1. The molecule has 0 radical (unpaired) electrons. The Labute approximate surface area is 338 Å². The normalized spacial score (nSPS) is 11.6. The van der Waals surface area contributed by atoms with Crippen molar-refractivity contribution < 1.29 is 28.5 Å². The number of aryl methyl sites for hydroxylation is 2. The van der Waals surface area contributed by atoms with Gasteiger partial charge in [0, 0.05) is 38.2 Å². The Balaban J connectivity index is 0.993. The summed E-state index contributed by atoms with van der Waals surface area (Å²) in [4.78, 5) is 0. The molecule has 8 aromatic carbocycles. The van der Waals surface area contributed by atoms with E-state index < -0.39 is 5.82 Å². The van der Waals surface area contributed by atoms with Crippen LogP contribution in [-0.4, -0.2) is 26.1 Å². The third-order valence-corrected chi connectivity index (χ3v) is 11.0. The number of hydrogen-bond acceptors (Lipinski definition) is 4. The van der Waals surface area contributed by atoms with Crippen LogP contribution in [0.5, 0.6) is 23.0 Å². The van der Waals surface area contributed by atoms with Gasteiger partial charge >= 0.3 is 0 Å². The molecule has 0 atom stereocenters. The average molecular weight is 779 g/mol. The maximum absolute atomic E-state index is 15.0. The van der Waals surface area contributed by atoms with Crippen LogP contribution in [0, 0.1) is 25.5 Å². The van der Waals surface area contributed by atoms with Gasteiger partial charge in [-0.05, 0) is 122 Å². The van der Waals surface area contributed by atoms with E-state index in [2.05, 4.69) is 12.1 Å². The van der Waals surface area contributed by atoms with Crippen LogP contribution >= 0.6 is 0 Å². The van der Waals surface area contributed by atoms with Gasteiger partial charge in [0.05, 0.1) is 33.4 Å². The lowest BCUT2D eigenvalue weighted by molar-refractivity contribution is 0.120. The fourth-order valence-corrected chi connectivity index (χ4v) is 8.42. The molecule has 0 saturated carbocycles. The maximum atomic E-state index is 15.0. The van der Waals surface area contributed by atoms with Crippen LogP contribution in [0.25, 0.3) is 77.2 Å². The number of ether oxygens (including phenoxy) is 2. The first kappa shape index (κ1) is 35.8. The van der Waals surface area contributed by atoms with E-state index in [9.17, 15) is 14.6 Å². The number of halogens is 2. The van der Waals surface area contributed by atoms with Gasteiger partial charge in [0.25, 0.3) is 0 Å². The number of phenols is 2. The molecule has 2 N–H and O–H groups in total. The minimum Gasteiger partial charge on any atom is -0.505 e. The summed E-state index contributed by atoms with van der Waals surface area (Å²) in [5, 5.41) is 27.6. The molecule has 2 aromatic heterocycles. The van der Waals surface area contributed by atoms with Crippen molar-refractivity contribution in [2.24, 2.45) is 0 Å². The van der Waals surface area contributed by atoms with Crippen molar-refractivity contribution in [2.45, 2.75) is 13.8 Å². The molecule has 0 bridgehead atoms. The van der Waals surface area contributed by atoms with Gasteiger partial charge in [-0.3, -0.25) is 0 Å². The van der Waals surface area contributed by atoms with E-state index in [0.717, 1.165) is 54.7 Å². The van der Waals surface area contributed by atoms with Crippen molar-refractivity contribution in [3.05, 3.63) is 180 Å². The van der Waals surface area contributed by atoms with E-state index in [0.29, 0.717) is 45.1 Å². The van der Waals surface area contributed by atoms with Crippen LogP contribution in [-0.2, 0) is 0 Å². The fourth-order valence-electron chi connectivity index (χ4n) is 8.42. The molecule has 288 valence electrons. The predicted molar refractivity (Wildman–Crippen MR) is 231 cm³/mol. The SMILES string of the molecule is Cc1cc(-c2cccc(F)c2)c(O)c(-n2c3ccccc3c3cc(OCOc4ccc(F)cc4-c4cc(C)cc(-n5c6ccccc6c6ccccc65)c4O)ccc32)c1. The number of rotatable bonds is 8. The van der Waals surface area contributed by atoms with Gasteiger partial charge in [-0.25, -0.2) is 8.78 Å². The molecule has 10 aromatic rings. The zero-order valence-corrected chi connectivity index (χ0v) is 32.1. The number of aromatic hydroxyl groups is 2. The summed E-state index contributed by atoms with van der Waals surface area (Å²) in [5.41, 5.74) is 8.41. The van der Waals surface area contributed by atoms with Gasteiger partial charge in [-0.1, -0.05) is 66.7 Å². The van der Waals surface area contributed by atoms with Crippen LogP contribution < -0.4 is 9.47 Å². The fraction of sp³-hybridized carbons (Fsp3) is 0.0588. The Morgan fingerprint density at radius 1 is 0.458 bits per heavy atom. The highest BCUT2D eigenvalue weighted by Gasteiger charge is 2.22. The molecule has 0 spiro atoms. The average Bonchev–Trinajstić information content (AvgIpc) is 3.75. The molecule has 8 heteroatoms.